The van der Waals surface area contributed by atoms with Crippen LogP contribution < -0.4 is 9.62 Å². The number of morpholine rings is 1. The first-order valence-corrected chi connectivity index (χ1v) is 12.0. The van der Waals surface area contributed by atoms with Crippen LogP contribution in [0.25, 0.3) is 0 Å². The van der Waals surface area contributed by atoms with Gasteiger partial charge in [0.1, 0.15) is 6.54 Å². The predicted octanol–water partition coefficient (Wildman–Crippen LogP) is 1.35. The van der Waals surface area contributed by atoms with Gasteiger partial charge in [-0.1, -0.05) is 12.1 Å². The summed E-state index contributed by atoms with van der Waals surface area (Å²) in [7, 11) is -2.60. The van der Waals surface area contributed by atoms with Crippen molar-refractivity contribution < 1.29 is 32.3 Å². The molecule has 10 nitrogen and oxygen atoms in total. The normalized spacial score (nSPS) is 13.8. The third-order valence-electron chi connectivity index (χ3n) is 4.99. The number of para-hydroxylation sites is 1. The molecule has 1 saturated heterocycles. The van der Waals surface area contributed by atoms with Crippen molar-refractivity contribution in [3.8, 4) is 0 Å². The Hall–Kier alpha value is -3.44. The van der Waals surface area contributed by atoms with Crippen molar-refractivity contribution in [3.05, 3.63) is 59.7 Å². The van der Waals surface area contributed by atoms with Gasteiger partial charge in [0, 0.05) is 18.7 Å². The van der Waals surface area contributed by atoms with E-state index in [0.717, 1.165) is 10.6 Å². The Morgan fingerprint density at radius 2 is 1.70 bits per heavy atom. The Morgan fingerprint density at radius 1 is 1.06 bits per heavy atom. The number of hydrogen-bond donors (Lipinski definition) is 1. The van der Waals surface area contributed by atoms with Crippen LogP contribution in [0.5, 0.6) is 0 Å². The molecule has 0 aromatic heterocycles. The standard InChI is InChI=1S/C22H25N3O7S/c1-31-22(28)18-5-3-4-6-19(18)23-20(26)15-25(33(2,29)30)17-9-7-16(8-10-17)21(27)24-11-13-32-14-12-24/h3-10H,11-15H2,1-2H3,(H,23,26). The van der Waals surface area contributed by atoms with Crippen LogP contribution >= 0.6 is 0 Å². The Balaban J connectivity index is 1.76. The quantitative estimate of drug-likeness (QED) is 0.600. The van der Waals surface area contributed by atoms with E-state index < -0.39 is 28.4 Å². The van der Waals surface area contributed by atoms with Crippen LogP contribution in [0.2, 0.25) is 0 Å². The minimum absolute atomic E-state index is 0.144. The highest BCUT2D eigenvalue weighted by Gasteiger charge is 2.23. The summed E-state index contributed by atoms with van der Waals surface area (Å²) in [6.07, 6.45) is 0.982. The maximum Gasteiger partial charge on any atom is 0.339 e. The minimum Gasteiger partial charge on any atom is -0.465 e. The van der Waals surface area contributed by atoms with Crippen LogP contribution in [-0.4, -0.2) is 77.3 Å². The Bertz CT molecular complexity index is 1130. The van der Waals surface area contributed by atoms with Crippen molar-refractivity contribution in [1.29, 1.82) is 0 Å². The highest BCUT2D eigenvalue weighted by atomic mass is 32.2. The third kappa shape index (κ3) is 6.08. The Morgan fingerprint density at radius 3 is 2.30 bits per heavy atom. The second kappa shape index (κ2) is 10.5. The van der Waals surface area contributed by atoms with Gasteiger partial charge in [-0.05, 0) is 36.4 Å². The zero-order chi connectivity index (χ0) is 24.0. The van der Waals surface area contributed by atoms with E-state index in [1.807, 2.05) is 0 Å². The fourth-order valence-electron chi connectivity index (χ4n) is 3.32. The van der Waals surface area contributed by atoms with Gasteiger partial charge in [-0.3, -0.25) is 13.9 Å². The topological polar surface area (TPSA) is 122 Å². The lowest BCUT2D eigenvalue weighted by atomic mass is 10.1. The predicted molar refractivity (Wildman–Crippen MR) is 122 cm³/mol. The molecule has 1 N–H and O–H groups in total. The molecule has 176 valence electrons. The Labute approximate surface area is 192 Å². The summed E-state index contributed by atoms with van der Waals surface area (Å²) >= 11 is 0. The maximum atomic E-state index is 12.6. The van der Waals surface area contributed by atoms with E-state index >= 15 is 0 Å². The molecule has 0 aliphatic carbocycles. The van der Waals surface area contributed by atoms with E-state index in [4.69, 9.17) is 9.47 Å². The highest BCUT2D eigenvalue weighted by molar-refractivity contribution is 7.92. The summed E-state index contributed by atoms with van der Waals surface area (Å²) in [5, 5.41) is 2.55. The van der Waals surface area contributed by atoms with E-state index in [-0.39, 0.29) is 22.8 Å². The van der Waals surface area contributed by atoms with Crippen LogP contribution in [0.3, 0.4) is 0 Å². The third-order valence-corrected chi connectivity index (χ3v) is 6.14. The van der Waals surface area contributed by atoms with Gasteiger partial charge >= 0.3 is 5.97 Å². The number of anilines is 2. The van der Waals surface area contributed by atoms with Crippen LogP contribution in [0, 0.1) is 0 Å². The number of rotatable bonds is 7. The van der Waals surface area contributed by atoms with Crippen LogP contribution in [0.15, 0.2) is 48.5 Å². The van der Waals surface area contributed by atoms with Crippen molar-refractivity contribution in [3.63, 3.8) is 0 Å². The molecule has 0 saturated carbocycles. The minimum atomic E-state index is -3.82. The zero-order valence-corrected chi connectivity index (χ0v) is 19.1. The summed E-state index contributed by atoms with van der Waals surface area (Å²) in [6, 6.07) is 12.2. The van der Waals surface area contributed by atoms with Crippen LogP contribution in [0.1, 0.15) is 20.7 Å². The van der Waals surface area contributed by atoms with E-state index in [1.165, 1.54) is 43.5 Å². The molecule has 0 bridgehead atoms. The second-order valence-corrected chi connectivity index (χ2v) is 9.21. The van der Waals surface area contributed by atoms with Gasteiger partial charge in [-0.2, -0.15) is 0 Å². The first-order valence-electron chi connectivity index (χ1n) is 10.1. The lowest BCUT2D eigenvalue weighted by molar-refractivity contribution is -0.114. The molecule has 0 atom stereocenters. The molecule has 0 unspecified atom stereocenters. The molecule has 0 spiro atoms. The lowest BCUT2D eigenvalue weighted by Crippen LogP contribution is -2.40. The first kappa shape index (κ1) is 24.2. The van der Waals surface area contributed by atoms with Crippen molar-refractivity contribution in [1.82, 2.24) is 4.90 Å². The molecule has 33 heavy (non-hydrogen) atoms. The molecule has 0 radical (unpaired) electrons. The Kier molecular flexibility index (Phi) is 7.67. The maximum absolute atomic E-state index is 12.6. The molecule has 1 heterocycles. The second-order valence-electron chi connectivity index (χ2n) is 7.31. The molecule has 1 fully saturated rings. The molecule has 1 aliphatic heterocycles. The van der Waals surface area contributed by atoms with Crippen molar-refractivity contribution in [2.75, 3.05) is 55.8 Å². The van der Waals surface area contributed by atoms with Gasteiger partial charge in [0.15, 0.2) is 0 Å². The fourth-order valence-corrected chi connectivity index (χ4v) is 4.18. The number of hydrogen-bond acceptors (Lipinski definition) is 7. The average Bonchev–Trinajstić information content (AvgIpc) is 2.82. The number of esters is 1. The number of ether oxygens (including phenoxy) is 2. The van der Waals surface area contributed by atoms with Gasteiger partial charge in [0.05, 0.1) is 43.5 Å². The molecular weight excluding hydrogens is 450 g/mol. The molecule has 3 rings (SSSR count). The van der Waals surface area contributed by atoms with Crippen molar-refractivity contribution in [2.45, 2.75) is 0 Å². The molecular formula is C22H25N3O7S. The average molecular weight is 476 g/mol. The number of carbonyl (C=O) groups is 3. The molecule has 2 aromatic rings. The summed E-state index contributed by atoms with van der Waals surface area (Å²) < 4.78 is 35.7. The molecule has 1 aliphatic rings. The lowest BCUT2D eigenvalue weighted by Gasteiger charge is -2.27. The van der Waals surface area contributed by atoms with E-state index in [1.54, 1.807) is 17.0 Å². The monoisotopic (exact) mass is 475 g/mol. The van der Waals surface area contributed by atoms with Crippen LogP contribution in [-0.2, 0) is 24.3 Å². The smallest absolute Gasteiger partial charge is 0.339 e. The molecule has 2 amide bonds. The van der Waals surface area contributed by atoms with Crippen molar-refractivity contribution >= 4 is 39.2 Å². The van der Waals surface area contributed by atoms with Gasteiger partial charge in [-0.15, -0.1) is 0 Å². The van der Waals surface area contributed by atoms with E-state index in [2.05, 4.69) is 5.32 Å². The number of methoxy groups -OCH3 is 1. The first-order chi connectivity index (χ1) is 15.7. The van der Waals surface area contributed by atoms with Crippen molar-refractivity contribution in [2.24, 2.45) is 0 Å². The SMILES string of the molecule is COC(=O)c1ccccc1NC(=O)CN(c1ccc(C(=O)N2CCOCC2)cc1)S(C)(=O)=O. The number of benzene rings is 2. The number of nitrogens with zero attached hydrogens (tertiary/aromatic N) is 2. The van der Waals surface area contributed by atoms with Gasteiger partial charge in [0.2, 0.25) is 15.9 Å². The van der Waals surface area contributed by atoms with Gasteiger partial charge in [0.25, 0.3) is 5.91 Å². The zero-order valence-electron chi connectivity index (χ0n) is 18.3. The van der Waals surface area contributed by atoms with E-state index in [0.29, 0.717) is 31.9 Å². The van der Waals surface area contributed by atoms with Crippen LogP contribution in [0.4, 0.5) is 11.4 Å². The van der Waals surface area contributed by atoms with E-state index in [9.17, 15) is 22.8 Å². The molecule has 11 heteroatoms. The molecule has 2 aromatic carbocycles. The number of carbonyl (C=O) groups excluding carboxylic acids is 3. The highest BCUT2D eigenvalue weighted by Crippen LogP contribution is 2.21. The number of sulfonamides is 1. The van der Waals surface area contributed by atoms with Gasteiger partial charge in [-0.25, -0.2) is 13.2 Å². The summed E-state index contributed by atoms with van der Waals surface area (Å²) in [5.74, 6) is -1.45. The summed E-state index contributed by atoms with van der Waals surface area (Å²) in [5.41, 5.74) is 0.984. The number of amides is 2. The number of nitrogens with one attached hydrogen (secondary N) is 1. The fraction of sp³-hybridized carbons (Fsp3) is 0.318. The summed E-state index contributed by atoms with van der Waals surface area (Å²) in [4.78, 5) is 38.8. The largest absolute Gasteiger partial charge is 0.465 e. The summed E-state index contributed by atoms with van der Waals surface area (Å²) in [6.45, 7) is 1.40. The van der Waals surface area contributed by atoms with Gasteiger partial charge < -0.3 is 19.7 Å².